The van der Waals surface area contributed by atoms with Crippen LogP contribution >= 0.6 is 0 Å². The molecule has 0 bridgehead atoms. The van der Waals surface area contributed by atoms with E-state index >= 15 is 0 Å². The fourth-order valence-electron chi connectivity index (χ4n) is 2.25. The number of hydrogen-bond acceptors (Lipinski definition) is 1. The summed E-state index contributed by atoms with van der Waals surface area (Å²) in [5.41, 5.74) is 4.82. The van der Waals surface area contributed by atoms with Gasteiger partial charge in [0, 0.05) is 0 Å². The van der Waals surface area contributed by atoms with Crippen molar-refractivity contribution in [2.24, 2.45) is 0 Å². The summed E-state index contributed by atoms with van der Waals surface area (Å²) in [6.07, 6.45) is 5.04. The maximum atomic E-state index is 9.04. The summed E-state index contributed by atoms with van der Waals surface area (Å²) in [6, 6.07) is 16.9. The van der Waals surface area contributed by atoms with Crippen LogP contribution in [-0.2, 0) is 13.0 Å². The summed E-state index contributed by atoms with van der Waals surface area (Å²) in [4.78, 5) is 0. The first-order valence-electron chi connectivity index (χ1n) is 7.12. The number of aliphatic hydroxyl groups is 1. The number of aryl methyl sites for hydroxylation is 1. The summed E-state index contributed by atoms with van der Waals surface area (Å²) in [7, 11) is 0. The minimum absolute atomic E-state index is 0.108. The standard InChI is InChI=1S/C18H22O/c1-2-3-4-5-15-6-10-17(11-7-15)18-12-8-16(14-19)9-13-18/h6-13,19H,2-5,14H2,1H3. The molecule has 0 aromatic heterocycles. The molecule has 2 rings (SSSR count). The first kappa shape index (κ1) is 13.8. The number of unbranched alkanes of at least 4 members (excludes halogenated alkanes) is 2. The molecule has 0 heterocycles. The maximum Gasteiger partial charge on any atom is 0.0681 e. The molecular formula is C18H22O. The molecule has 0 saturated heterocycles. The van der Waals surface area contributed by atoms with Crippen LogP contribution in [-0.4, -0.2) is 5.11 Å². The lowest BCUT2D eigenvalue weighted by Gasteiger charge is -2.05. The lowest BCUT2D eigenvalue weighted by molar-refractivity contribution is 0.282. The first-order chi connectivity index (χ1) is 9.33. The zero-order chi connectivity index (χ0) is 13.5. The monoisotopic (exact) mass is 254 g/mol. The topological polar surface area (TPSA) is 20.2 Å². The zero-order valence-electron chi connectivity index (χ0n) is 11.6. The molecule has 0 unspecified atom stereocenters. The Labute approximate surface area is 115 Å². The van der Waals surface area contributed by atoms with Crippen LogP contribution in [0.4, 0.5) is 0 Å². The van der Waals surface area contributed by atoms with Gasteiger partial charge in [0.1, 0.15) is 0 Å². The van der Waals surface area contributed by atoms with E-state index in [1.807, 2.05) is 12.1 Å². The van der Waals surface area contributed by atoms with Gasteiger partial charge in [-0.15, -0.1) is 0 Å². The van der Waals surface area contributed by atoms with E-state index in [1.165, 1.54) is 42.4 Å². The summed E-state index contributed by atoms with van der Waals surface area (Å²) in [6.45, 7) is 2.34. The lowest BCUT2D eigenvalue weighted by atomic mass is 10.0. The van der Waals surface area contributed by atoms with Crippen LogP contribution in [0.5, 0.6) is 0 Å². The van der Waals surface area contributed by atoms with Crippen molar-refractivity contribution in [3.05, 3.63) is 59.7 Å². The molecule has 2 aromatic rings. The van der Waals surface area contributed by atoms with Crippen LogP contribution in [0.2, 0.25) is 0 Å². The van der Waals surface area contributed by atoms with Gasteiger partial charge in [-0.1, -0.05) is 68.3 Å². The van der Waals surface area contributed by atoms with Gasteiger partial charge in [0.05, 0.1) is 6.61 Å². The SMILES string of the molecule is CCCCCc1ccc(-c2ccc(CO)cc2)cc1. The average Bonchev–Trinajstić information content (AvgIpc) is 2.48. The summed E-state index contributed by atoms with van der Waals surface area (Å²) < 4.78 is 0. The number of rotatable bonds is 6. The normalized spacial score (nSPS) is 10.6. The molecule has 19 heavy (non-hydrogen) atoms. The van der Waals surface area contributed by atoms with Crippen LogP contribution < -0.4 is 0 Å². The third kappa shape index (κ3) is 3.93. The quantitative estimate of drug-likeness (QED) is 0.748. The molecule has 0 radical (unpaired) electrons. The Balaban J connectivity index is 2.04. The van der Waals surface area contributed by atoms with Crippen molar-refractivity contribution >= 4 is 0 Å². The second-order valence-corrected chi connectivity index (χ2v) is 5.01. The third-order valence-corrected chi connectivity index (χ3v) is 3.49. The molecule has 1 N–H and O–H groups in total. The fourth-order valence-corrected chi connectivity index (χ4v) is 2.25. The highest BCUT2D eigenvalue weighted by Crippen LogP contribution is 2.21. The minimum Gasteiger partial charge on any atom is -0.392 e. The summed E-state index contributed by atoms with van der Waals surface area (Å²) in [5, 5.41) is 9.04. The molecule has 1 heteroatoms. The molecule has 0 aliphatic heterocycles. The molecule has 100 valence electrons. The van der Waals surface area contributed by atoms with Crippen molar-refractivity contribution in [3.8, 4) is 11.1 Å². The highest BCUT2D eigenvalue weighted by Gasteiger charge is 1.99. The van der Waals surface area contributed by atoms with Gasteiger partial charge in [-0.25, -0.2) is 0 Å². The molecule has 0 atom stereocenters. The van der Waals surface area contributed by atoms with Crippen LogP contribution in [0, 0.1) is 0 Å². The van der Waals surface area contributed by atoms with Gasteiger partial charge >= 0.3 is 0 Å². The van der Waals surface area contributed by atoms with E-state index in [4.69, 9.17) is 5.11 Å². The number of benzene rings is 2. The van der Waals surface area contributed by atoms with E-state index in [0.29, 0.717) is 0 Å². The molecule has 0 spiro atoms. The van der Waals surface area contributed by atoms with Crippen molar-refractivity contribution in [3.63, 3.8) is 0 Å². The van der Waals surface area contributed by atoms with Crippen molar-refractivity contribution in [1.29, 1.82) is 0 Å². The van der Waals surface area contributed by atoms with Crippen LogP contribution in [0.3, 0.4) is 0 Å². The van der Waals surface area contributed by atoms with Gasteiger partial charge in [-0.3, -0.25) is 0 Å². The van der Waals surface area contributed by atoms with Crippen LogP contribution in [0.15, 0.2) is 48.5 Å². The second-order valence-electron chi connectivity index (χ2n) is 5.01. The van der Waals surface area contributed by atoms with Gasteiger partial charge in [-0.2, -0.15) is 0 Å². The Bertz CT molecular complexity index is 482. The van der Waals surface area contributed by atoms with Gasteiger partial charge < -0.3 is 5.11 Å². The molecule has 0 aliphatic carbocycles. The Morgan fingerprint density at radius 1 is 0.737 bits per heavy atom. The minimum atomic E-state index is 0.108. The van der Waals surface area contributed by atoms with Crippen molar-refractivity contribution in [2.75, 3.05) is 0 Å². The lowest BCUT2D eigenvalue weighted by Crippen LogP contribution is -1.86. The van der Waals surface area contributed by atoms with Crippen LogP contribution in [0.1, 0.15) is 37.3 Å². The Hall–Kier alpha value is -1.60. The highest BCUT2D eigenvalue weighted by molar-refractivity contribution is 5.63. The van der Waals surface area contributed by atoms with Gasteiger partial charge in [-0.05, 0) is 35.1 Å². The first-order valence-corrected chi connectivity index (χ1v) is 7.12. The number of aliphatic hydroxyl groups excluding tert-OH is 1. The Kier molecular flexibility index (Phi) is 5.17. The Morgan fingerprint density at radius 2 is 1.26 bits per heavy atom. The third-order valence-electron chi connectivity index (χ3n) is 3.49. The molecule has 0 aliphatic rings. The molecular weight excluding hydrogens is 232 g/mol. The molecule has 2 aromatic carbocycles. The van der Waals surface area contributed by atoms with E-state index < -0.39 is 0 Å². The van der Waals surface area contributed by atoms with Crippen molar-refractivity contribution in [2.45, 2.75) is 39.2 Å². The molecule has 1 nitrogen and oxygen atoms in total. The fraction of sp³-hybridized carbons (Fsp3) is 0.333. The smallest absolute Gasteiger partial charge is 0.0681 e. The number of hydrogen-bond donors (Lipinski definition) is 1. The molecule has 0 saturated carbocycles. The van der Waals surface area contributed by atoms with E-state index in [9.17, 15) is 0 Å². The van der Waals surface area contributed by atoms with Crippen molar-refractivity contribution in [1.82, 2.24) is 0 Å². The Morgan fingerprint density at radius 3 is 1.74 bits per heavy atom. The average molecular weight is 254 g/mol. The second kappa shape index (κ2) is 7.10. The van der Waals surface area contributed by atoms with Gasteiger partial charge in [0.15, 0.2) is 0 Å². The zero-order valence-corrected chi connectivity index (χ0v) is 11.6. The highest BCUT2D eigenvalue weighted by atomic mass is 16.3. The maximum absolute atomic E-state index is 9.04. The predicted octanol–water partition coefficient (Wildman–Crippen LogP) is 4.58. The predicted molar refractivity (Wildman–Crippen MR) is 81.0 cm³/mol. The van der Waals surface area contributed by atoms with Gasteiger partial charge in [0.25, 0.3) is 0 Å². The van der Waals surface area contributed by atoms with Gasteiger partial charge in [0.2, 0.25) is 0 Å². The van der Waals surface area contributed by atoms with E-state index in [1.54, 1.807) is 0 Å². The van der Waals surface area contributed by atoms with Crippen molar-refractivity contribution < 1.29 is 5.11 Å². The van der Waals surface area contributed by atoms with E-state index in [2.05, 4.69) is 43.3 Å². The summed E-state index contributed by atoms with van der Waals surface area (Å²) in [5.74, 6) is 0. The molecule has 0 fully saturated rings. The largest absolute Gasteiger partial charge is 0.392 e. The van der Waals surface area contributed by atoms with E-state index in [0.717, 1.165) is 5.56 Å². The van der Waals surface area contributed by atoms with E-state index in [-0.39, 0.29) is 6.61 Å². The van der Waals surface area contributed by atoms with Crippen LogP contribution in [0.25, 0.3) is 11.1 Å². The summed E-state index contributed by atoms with van der Waals surface area (Å²) >= 11 is 0. The molecule has 0 amide bonds.